The number of benzene rings is 2. The van der Waals surface area contributed by atoms with Crippen LogP contribution in [0, 0.1) is 11.2 Å². The molecule has 2 aromatic carbocycles. The predicted octanol–water partition coefficient (Wildman–Crippen LogP) is 3.15. The van der Waals surface area contributed by atoms with E-state index in [1.807, 2.05) is 19.0 Å². The zero-order chi connectivity index (χ0) is 17.9. The van der Waals surface area contributed by atoms with Crippen LogP contribution in [0.25, 0.3) is 6.08 Å². The van der Waals surface area contributed by atoms with Gasteiger partial charge in [-0.25, -0.2) is 4.39 Å². The van der Waals surface area contributed by atoms with Crippen molar-refractivity contribution < 1.29 is 14.6 Å². The highest BCUT2D eigenvalue weighted by molar-refractivity contribution is 6.08. The lowest BCUT2D eigenvalue weighted by Crippen LogP contribution is -2.15. The Balaban J connectivity index is 0.000000413. The molecule has 0 aliphatic carbocycles. The van der Waals surface area contributed by atoms with Crippen LogP contribution in [0.5, 0.6) is 5.75 Å². The quantitative estimate of drug-likeness (QED) is 0.738. The lowest BCUT2D eigenvalue weighted by molar-refractivity contribution is 0.243. The van der Waals surface area contributed by atoms with Gasteiger partial charge >= 0.3 is 0 Å². The first-order valence-corrected chi connectivity index (χ1v) is 7.50. The van der Waals surface area contributed by atoms with Gasteiger partial charge in [-0.2, -0.15) is 0 Å². The Morgan fingerprint density at radius 1 is 1.12 bits per heavy atom. The number of nitrogens with zero attached hydrogens (tertiary/aromatic N) is 1. The lowest BCUT2D eigenvalue weighted by Gasteiger charge is -2.03. The van der Waals surface area contributed by atoms with Crippen molar-refractivity contribution in [1.29, 1.82) is 5.41 Å². The first kappa shape index (κ1) is 19.5. The Bertz CT molecular complexity index is 667. The minimum absolute atomic E-state index is 0.112. The van der Waals surface area contributed by atoms with Gasteiger partial charge in [0.2, 0.25) is 0 Å². The fourth-order valence-corrected chi connectivity index (χ4v) is 1.73. The molecule has 0 aliphatic heterocycles. The maximum Gasteiger partial charge on any atom is 0.132 e. The predicted molar refractivity (Wildman–Crippen MR) is 96.0 cm³/mol. The van der Waals surface area contributed by atoms with E-state index in [0.29, 0.717) is 0 Å². The van der Waals surface area contributed by atoms with E-state index in [1.165, 1.54) is 12.1 Å². The Morgan fingerprint density at radius 2 is 1.75 bits per heavy atom. The molecule has 0 saturated carbocycles. The van der Waals surface area contributed by atoms with E-state index in [9.17, 15) is 4.39 Å². The molecule has 0 heterocycles. The molecule has 0 radical (unpaired) electrons. The number of halogens is 1. The molecular weight excluding hydrogens is 307 g/mol. The lowest BCUT2D eigenvalue weighted by atomic mass is 10.1. The van der Waals surface area contributed by atoms with Gasteiger partial charge in [0, 0.05) is 12.1 Å². The first-order chi connectivity index (χ1) is 11.4. The number of aliphatic hydroxyl groups is 1. The van der Waals surface area contributed by atoms with Gasteiger partial charge in [-0.3, -0.25) is 0 Å². The van der Waals surface area contributed by atoms with E-state index in [4.69, 9.17) is 15.6 Å². The maximum absolute atomic E-state index is 13.4. The van der Waals surface area contributed by atoms with E-state index < -0.39 is 5.82 Å². The van der Waals surface area contributed by atoms with E-state index in [-0.39, 0.29) is 23.6 Å². The molecule has 0 fully saturated rings. The highest BCUT2D eigenvalue weighted by Crippen LogP contribution is 2.12. The van der Waals surface area contributed by atoms with Crippen molar-refractivity contribution in [3.05, 3.63) is 71.6 Å². The highest BCUT2D eigenvalue weighted by atomic mass is 19.1. The summed E-state index contributed by atoms with van der Waals surface area (Å²) in [6, 6.07) is 12.8. The normalized spacial score (nSPS) is 10.5. The van der Waals surface area contributed by atoms with Crippen LogP contribution in [-0.2, 0) is 0 Å². The second-order valence-corrected chi connectivity index (χ2v) is 5.35. The van der Waals surface area contributed by atoms with Crippen LogP contribution < -0.4 is 0 Å². The number of hydrogen-bond acceptors (Lipinski definition) is 4. The number of phenols is 1. The molecule has 2 rings (SSSR count). The minimum Gasteiger partial charge on any atom is -0.508 e. The average Bonchev–Trinajstić information content (AvgIpc) is 2.55. The second-order valence-electron chi connectivity index (χ2n) is 5.35. The van der Waals surface area contributed by atoms with Crippen molar-refractivity contribution in [2.45, 2.75) is 0 Å². The molecule has 0 aromatic heterocycles. The van der Waals surface area contributed by atoms with Crippen LogP contribution in [0.2, 0.25) is 0 Å². The van der Waals surface area contributed by atoms with Crippen molar-refractivity contribution in [3.63, 3.8) is 0 Å². The van der Waals surface area contributed by atoms with E-state index >= 15 is 0 Å². The van der Waals surface area contributed by atoms with Crippen LogP contribution in [0.15, 0.2) is 54.6 Å². The number of phenolic OH excluding ortho intramolecular Hbond substituents is 1. The Kier molecular flexibility index (Phi) is 8.39. The van der Waals surface area contributed by atoms with Crippen molar-refractivity contribution in [2.75, 3.05) is 27.2 Å². The summed E-state index contributed by atoms with van der Waals surface area (Å²) < 4.78 is 13.4. The molecule has 3 N–H and O–H groups in total. The van der Waals surface area contributed by atoms with Gasteiger partial charge in [0.05, 0.1) is 12.3 Å². The number of hydrogen-bond donors (Lipinski definition) is 3. The average molecular weight is 330 g/mol. The van der Waals surface area contributed by atoms with Gasteiger partial charge in [0.25, 0.3) is 0 Å². The SMILES string of the molecule is CN(C)CCO.N=C(C=Cc1ccc(O)cc1)c1ccccc1F. The summed E-state index contributed by atoms with van der Waals surface area (Å²) in [6.07, 6.45) is 3.24. The topological polar surface area (TPSA) is 67.5 Å². The summed E-state index contributed by atoms with van der Waals surface area (Å²) in [5, 5.41) is 25.1. The Morgan fingerprint density at radius 3 is 2.25 bits per heavy atom. The van der Waals surface area contributed by atoms with E-state index in [2.05, 4.69) is 0 Å². The van der Waals surface area contributed by atoms with E-state index in [1.54, 1.807) is 48.5 Å². The van der Waals surface area contributed by atoms with Crippen molar-refractivity contribution in [3.8, 4) is 5.75 Å². The fourth-order valence-electron chi connectivity index (χ4n) is 1.73. The Labute approximate surface area is 142 Å². The molecular formula is C19H23FN2O2. The minimum atomic E-state index is -0.405. The standard InChI is InChI=1S/C15H12FNO.C4H11NO/c16-14-4-2-1-3-13(14)15(17)10-7-11-5-8-12(18)9-6-11;1-5(2)3-4-6/h1-10,17-18H;6H,3-4H2,1-2H3. The molecule has 0 aliphatic rings. The third-order valence-electron chi connectivity index (χ3n) is 3.05. The van der Waals surface area contributed by atoms with Gasteiger partial charge in [0.15, 0.2) is 0 Å². The molecule has 0 bridgehead atoms. The van der Waals surface area contributed by atoms with Gasteiger partial charge in [-0.1, -0.05) is 30.3 Å². The number of rotatable bonds is 5. The smallest absolute Gasteiger partial charge is 0.132 e. The number of aliphatic hydroxyl groups excluding tert-OH is 1. The first-order valence-electron chi connectivity index (χ1n) is 7.50. The molecule has 0 unspecified atom stereocenters. The number of likely N-dealkylation sites (N-methyl/N-ethyl adjacent to an activating group) is 1. The van der Waals surface area contributed by atoms with Crippen LogP contribution >= 0.6 is 0 Å². The molecule has 0 spiro atoms. The third kappa shape index (κ3) is 7.17. The molecule has 128 valence electrons. The monoisotopic (exact) mass is 330 g/mol. The second kappa shape index (κ2) is 10.3. The van der Waals surface area contributed by atoms with Crippen LogP contribution in [0.1, 0.15) is 11.1 Å². The molecule has 4 nitrogen and oxygen atoms in total. The van der Waals surface area contributed by atoms with Gasteiger partial charge in [-0.15, -0.1) is 0 Å². The summed E-state index contributed by atoms with van der Waals surface area (Å²) >= 11 is 0. The highest BCUT2D eigenvalue weighted by Gasteiger charge is 2.03. The van der Waals surface area contributed by atoms with Gasteiger partial charge < -0.3 is 20.5 Å². The molecule has 5 heteroatoms. The van der Waals surface area contributed by atoms with Crippen LogP contribution in [0.3, 0.4) is 0 Å². The molecule has 0 saturated heterocycles. The summed E-state index contributed by atoms with van der Waals surface area (Å²) in [5.74, 6) is -0.214. The van der Waals surface area contributed by atoms with Crippen molar-refractivity contribution in [2.24, 2.45) is 0 Å². The van der Waals surface area contributed by atoms with Crippen LogP contribution in [-0.4, -0.2) is 48.1 Å². The summed E-state index contributed by atoms with van der Waals surface area (Å²) in [6.45, 7) is 1.02. The fraction of sp³-hybridized carbons (Fsp3) is 0.211. The number of nitrogens with one attached hydrogen (secondary N) is 1. The van der Waals surface area contributed by atoms with Crippen molar-refractivity contribution >= 4 is 11.8 Å². The summed E-state index contributed by atoms with van der Waals surface area (Å²) in [4.78, 5) is 1.93. The number of allylic oxidation sites excluding steroid dienone is 1. The summed E-state index contributed by atoms with van der Waals surface area (Å²) in [7, 11) is 3.85. The maximum atomic E-state index is 13.4. The zero-order valence-electron chi connectivity index (χ0n) is 13.9. The largest absolute Gasteiger partial charge is 0.508 e. The third-order valence-corrected chi connectivity index (χ3v) is 3.05. The molecule has 0 atom stereocenters. The van der Waals surface area contributed by atoms with Crippen LogP contribution in [0.4, 0.5) is 4.39 Å². The van der Waals surface area contributed by atoms with Gasteiger partial charge in [-0.05, 0) is 50.0 Å². The Hall–Kier alpha value is -2.50. The van der Waals surface area contributed by atoms with E-state index in [0.717, 1.165) is 12.1 Å². The number of aromatic hydroxyl groups is 1. The molecule has 24 heavy (non-hydrogen) atoms. The van der Waals surface area contributed by atoms with Gasteiger partial charge in [0.1, 0.15) is 11.6 Å². The molecule has 2 aromatic rings. The van der Waals surface area contributed by atoms with Crippen molar-refractivity contribution in [1.82, 2.24) is 4.90 Å². The zero-order valence-corrected chi connectivity index (χ0v) is 13.9. The molecule has 0 amide bonds. The summed E-state index contributed by atoms with van der Waals surface area (Å²) in [5.41, 5.74) is 1.22.